The van der Waals surface area contributed by atoms with Crippen LogP contribution < -0.4 is 14.8 Å². The van der Waals surface area contributed by atoms with E-state index in [1.807, 2.05) is 39.0 Å². The molecule has 0 spiro atoms. The van der Waals surface area contributed by atoms with Crippen molar-refractivity contribution >= 4 is 39.0 Å². The number of carbonyl (C=O) groups is 1. The number of esters is 1. The van der Waals surface area contributed by atoms with Crippen LogP contribution in [0, 0.1) is 6.92 Å². The molecule has 0 radical (unpaired) electrons. The molecule has 1 saturated carbocycles. The second-order valence-electron chi connectivity index (χ2n) is 7.78. The van der Waals surface area contributed by atoms with Crippen LogP contribution in [0.25, 0.3) is 10.2 Å². The van der Waals surface area contributed by atoms with Crippen molar-refractivity contribution in [1.82, 2.24) is 9.97 Å². The molecule has 7 nitrogen and oxygen atoms in total. The molecular weight excluding hydrogens is 426 g/mol. The minimum Gasteiger partial charge on any atom is -0.490 e. The Morgan fingerprint density at radius 1 is 1.09 bits per heavy atom. The van der Waals surface area contributed by atoms with Crippen molar-refractivity contribution in [1.29, 1.82) is 0 Å². The summed E-state index contributed by atoms with van der Waals surface area (Å²) in [4.78, 5) is 23.1. The molecule has 3 aromatic rings. The molecule has 170 valence electrons. The van der Waals surface area contributed by atoms with Crippen LogP contribution in [0.3, 0.4) is 0 Å². The van der Waals surface area contributed by atoms with Crippen molar-refractivity contribution < 1.29 is 19.0 Å². The van der Waals surface area contributed by atoms with Gasteiger partial charge in [-0.25, -0.2) is 14.8 Å². The molecule has 0 amide bonds. The fraction of sp³-hybridized carbons (Fsp3) is 0.458. The summed E-state index contributed by atoms with van der Waals surface area (Å²) in [5, 5.41) is 4.19. The summed E-state index contributed by atoms with van der Waals surface area (Å²) in [5.41, 5.74) is 1.65. The smallest absolute Gasteiger partial charge is 0.348 e. The number of aromatic nitrogens is 2. The maximum atomic E-state index is 12.9. The number of aryl methyl sites for hydroxylation is 1. The van der Waals surface area contributed by atoms with Crippen molar-refractivity contribution in [3.05, 3.63) is 35.0 Å². The van der Waals surface area contributed by atoms with Gasteiger partial charge in [-0.15, -0.1) is 11.3 Å². The second-order valence-corrected chi connectivity index (χ2v) is 8.78. The average molecular weight is 456 g/mol. The number of anilines is 2. The summed E-state index contributed by atoms with van der Waals surface area (Å²) in [6.07, 6.45) is 6.88. The fourth-order valence-electron chi connectivity index (χ4n) is 4.01. The summed E-state index contributed by atoms with van der Waals surface area (Å²) < 4.78 is 17.2. The van der Waals surface area contributed by atoms with E-state index in [0.717, 1.165) is 47.2 Å². The molecule has 8 heteroatoms. The predicted octanol–water partition coefficient (Wildman–Crippen LogP) is 6.03. The highest BCUT2D eigenvalue weighted by molar-refractivity contribution is 7.20. The van der Waals surface area contributed by atoms with E-state index >= 15 is 0 Å². The number of fused-ring (bicyclic) bond motifs is 1. The van der Waals surface area contributed by atoms with Crippen LogP contribution in [0.5, 0.6) is 11.5 Å². The normalized spacial score (nSPS) is 14.3. The van der Waals surface area contributed by atoms with Gasteiger partial charge in [0.05, 0.1) is 18.6 Å². The van der Waals surface area contributed by atoms with Crippen LogP contribution in [0.1, 0.15) is 61.2 Å². The van der Waals surface area contributed by atoms with E-state index in [4.69, 9.17) is 14.2 Å². The van der Waals surface area contributed by atoms with Gasteiger partial charge in [0.1, 0.15) is 28.0 Å². The lowest BCUT2D eigenvalue weighted by Gasteiger charge is -2.21. The van der Waals surface area contributed by atoms with E-state index in [1.54, 1.807) is 0 Å². The third kappa shape index (κ3) is 4.80. The highest BCUT2D eigenvalue weighted by Crippen LogP contribution is 2.37. The number of carbonyl (C=O) groups excluding carboxylic acids is 1. The van der Waals surface area contributed by atoms with Crippen LogP contribution in [0.4, 0.5) is 11.5 Å². The largest absolute Gasteiger partial charge is 0.490 e. The molecule has 0 saturated heterocycles. The van der Waals surface area contributed by atoms with E-state index < -0.39 is 0 Å². The number of nitrogens with one attached hydrogen (secondary N) is 1. The van der Waals surface area contributed by atoms with Gasteiger partial charge in [0.25, 0.3) is 0 Å². The minimum absolute atomic E-state index is 0.0189. The lowest BCUT2D eigenvalue weighted by Crippen LogP contribution is -2.20. The van der Waals surface area contributed by atoms with Crippen LogP contribution in [-0.4, -0.2) is 35.3 Å². The molecule has 1 aromatic carbocycles. The van der Waals surface area contributed by atoms with Gasteiger partial charge in [-0.1, -0.05) is 6.42 Å². The third-order valence-corrected chi connectivity index (χ3v) is 6.72. The lowest BCUT2D eigenvalue weighted by atomic mass is 9.98. The fourth-order valence-corrected chi connectivity index (χ4v) is 5.05. The maximum absolute atomic E-state index is 12.9. The van der Waals surface area contributed by atoms with Crippen LogP contribution in [-0.2, 0) is 4.74 Å². The first-order valence-electron chi connectivity index (χ1n) is 11.2. The third-order valence-electron chi connectivity index (χ3n) is 5.54. The van der Waals surface area contributed by atoms with E-state index in [-0.39, 0.29) is 12.1 Å². The summed E-state index contributed by atoms with van der Waals surface area (Å²) in [7, 11) is 0. The van der Waals surface area contributed by atoms with Gasteiger partial charge in [0.2, 0.25) is 0 Å². The molecule has 4 rings (SSSR count). The number of nitrogens with zero attached hydrogens (tertiary/aromatic N) is 2. The molecule has 2 aromatic heterocycles. The van der Waals surface area contributed by atoms with Crippen LogP contribution in [0.15, 0.2) is 24.5 Å². The Labute approximate surface area is 192 Å². The quantitative estimate of drug-likeness (QED) is 0.415. The maximum Gasteiger partial charge on any atom is 0.348 e. The first-order valence-corrected chi connectivity index (χ1v) is 12.0. The van der Waals surface area contributed by atoms with E-state index in [0.29, 0.717) is 35.4 Å². The second kappa shape index (κ2) is 10.2. The van der Waals surface area contributed by atoms with Gasteiger partial charge in [-0.3, -0.25) is 0 Å². The van der Waals surface area contributed by atoms with Gasteiger partial charge in [-0.2, -0.15) is 0 Å². The van der Waals surface area contributed by atoms with Crippen molar-refractivity contribution in [2.45, 2.75) is 59.0 Å². The average Bonchev–Trinajstić information content (AvgIpc) is 3.14. The Morgan fingerprint density at radius 3 is 2.59 bits per heavy atom. The van der Waals surface area contributed by atoms with Crippen molar-refractivity contribution in [3.63, 3.8) is 0 Å². The summed E-state index contributed by atoms with van der Waals surface area (Å²) in [6, 6.07) is 5.69. The van der Waals surface area contributed by atoms with E-state index in [1.165, 1.54) is 24.1 Å². The van der Waals surface area contributed by atoms with E-state index in [2.05, 4.69) is 15.3 Å². The van der Waals surface area contributed by atoms with Crippen LogP contribution >= 0.6 is 11.3 Å². The molecule has 1 aliphatic rings. The van der Waals surface area contributed by atoms with Crippen molar-refractivity contribution in [2.75, 3.05) is 18.5 Å². The standard InChI is InChI=1S/C24H29N3O4S/c1-4-29-18-12-11-16(13-19(18)30-5-2)27-22-20-15(3)21(32-23(20)26-14-25-22)24(28)31-17-9-7-6-8-10-17/h11-14,17H,4-10H2,1-3H3,(H,25,26,27). The predicted molar refractivity (Wildman–Crippen MR) is 127 cm³/mol. The molecule has 1 N–H and O–H groups in total. The molecule has 0 atom stereocenters. The topological polar surface area (TPSA) is 82.6 Å². The number of benzene rings is 1. The molecule has 2 heterocycles. The Kier molecular flexibility index (Phi) is 7.09. The summed E-state index contributed by atoms with van der Waals surface area (Å²) in [5.74, 6) is 1.76. The Bertz CT molecular complexity index is 1090. The Balaban J connectivity index is 1.61. The van der Waals surface area contributed by atoms with Gasteiger partial charge in [0, 0.05) is 11.8 Å². The van der Waals surface area contributed by atoms with Crippen molar-refractivity contribution in [3.8, 4) is 11.5 Å². The SMILES string of the molecule is CCOc1ccc(Nc2ncnc3sc(C(=O)OC4CCCCC4)c(C)c23)cc1OCC. The van der Waals surface area contributed by atoms with Crippen LogP contribution in [0.2, 0.25) is 0 Å². The lowest BCUT2D eigenvalue weighted by molar-refractivity contribution is 0.0216. The number of hydrogen-bond acceptors (Lipinski definition) is 8. The molecule has 0 bridgehead atoms. The highest BCUT2D eigenvalue weighted by Gasteiger charge is 2.24. The number of rotatable bonds is 8. The Hall–Kier alpha value is -2.87. The number of hydrogen-bond donors (Lipinski definition) is 1. The summed E-state index contributed by atoms with van der Waals surface area (Å²) in [6.45, 7) is 6.90. The molecule has 1 fully saturated rings. The van der Waals surface area contributed by atoms with Gasteiger partial charge < -0.3 is 19.5 Å². The first kappa shape index (κ1) is 22.3. The summed E-state index contributed by atoms with van der Waals surface area (Å²) >= 11 is 1.36. The monoisotopic (exact) mass is 455 g/mol. The molecule has 32 heavy (non-hydrogen) atoms. The minimum atomic E-state index is -0.261. The molecule has 0 unspecified atom stereocenters. The number of ether oxygens (including phenoxy) is 3. The molecular formula is C24H29N3O4S. The zero-order chi connectivity index (χ0) is 22.5. The first-order chi connectivity index (χ1) is 15.6. The van der Waals surface area contributed by atoms with Gasteiger partial charge in [-0.05, 0) is 64.2 Å². The highest BCUT2D eigenvalue weighted by atomic mass is 32.1. The zero-order valence-corrected chi connectivity index (χ0v) is 19.6. The Morgan fingerprint density at radius 2 is 1.84 bits per heavy atom. The zero-order valence-electron chi connectivity index (χ0n) is 18.8. The van der Waals surface area contributed by atoms with Crippen molar-refractivity contribution in [2.24, 2.45) is 0 Å². The molecule has 0 aliphatic heterocycles. The van der Waals surface area contributed by atoms with Gasteiger partial charge >= 0.3 is 5.97 Å². The number of thiophene rings is 1. The van der Waals surface area contributed by atoms with E-state index in [9.17, 15) is 4.79 Å². The van der Waals surface area contributed by atoms with Gasteiger partial charge in [0.15, 0.2) is 11.5 Å². The molecule has 1 aliphatic carbocycles.